The van der Waals surface area contributed by atoms with Gasteiger partial charge in [0.25, 0.3) is 0 Å². The van der Waals surface area contributed by atoms with Crippen molar-refractivity contribution in [1.29, 1.82) is 0 Å². The lowest BCUT2D eigenvalue weighted by molar-refractivity contribution is 0.202. The molecule has 0 N–H and O–H groups in total. The van der Waals surface area contributed by atoms with Crippen molar-refractivity contribution in [2.24, 2.45) is 0 Å². The first-order valence-corrected chi connectivity index (χ1v) is 4.05. The first kappa shape index (κ1) is 9.20. The van der Waals surface area contributed by atoms with Gasteiger partial charge < -0.3 is 4.74 Å². The molecule has 0 atom stereocenters. The van der Waals surface area contributed by atoms with Gasteiger partial charge in [-0.25, -0.2) is 4.39 Å². The van der Waals surface area contributed by atoms with E-state index in [1.165, 1.54) is 6.08 Å². The number of hydrogen-bond donors (Lipinski definition) is 0. The van der Waals surface area contributed by atoms with E-state index in [0.29, 0.717) is 13.0 Å². The van der Waals surface area contributed by atoms with Gasteiger partial charge in [0.2, 0.25) is 0 Å². The van der Waals surface area contributed by atoms with Crippen molar-refractivity contribution in [2.45, 2.75) is 12.8 Å². The maximum Gasteiger partial charge on any atom is 0.126 e. The number of ether oxygens (including phenoxy) is 1. The van der Waals surface area contributed by atoms with Gasteiger partial charge in [-0.3, -0.25) is 0 Å². The Bertz CT molecular complexity index is 226. The minimum Gasteiger partial charge on any atom is -0.384 e. The molecule has 12 heavy (non-hydrogen) atoms. The number of rotatable bonds is 3. The van der Waals surface area contributed by atoms with Crippen LogP contribution in [0.5, 0.6) is 0 Å². The second kappa shape index (κ2) is 4.88. The molecule has 0 unspecified atom stereocenters. The Kier molecular flexibility index (Phi) is 3.74. The molecule has 0 aliphatic heterocycles. The highest BCUT2D eigenvalue weighted by Gasteiger charge is 2.01. The molecule has 0 bridgehead atoms. The third kappa shape index (κ3) is 2.62. The average molecular weight is 168 g/mol. The van der Waals surface area contributed by atoms with Crippen molar-refractivity contribution in [3.8, 4) is 0 Å². The summed E-state index contributed by atoms with van der Waals surface area (Å²) in [5, 5.41) is 0. The second-order valence-electron chi connectivity index (χ2n) is 2.66. The molecule has 0 heterocycles. The molecule has 0 amide bonds. The van der Waals surface area contributed by atoms with Crippen LogP contribution >= 0.6 is 0 Å². The summed E-state index contributed by atoms with van der Waals surface area (Å²) in [4.78, 5) is 0. The molecular weight excluding hydrogens is 155 g/mol. The maximum absolute atomic E-state index is 13.1. The van der Waals surface area contributed by atoms with Crippen LogP contribution in [0.25, 0.3) is 0 Å². The largest absolute Gasteiger partial charge is 0.384 e. The molecule has 0 aromatic heterocycles. The third-order valence-electron chi connectivity index (χ3n) is 1.74. The Balaban J connectivity index is 2.63. The van der Waals surface area contributed by atoms with Crippen molar-refractivity contribution in [3.63, 3.8) is 0 Å². The van der Waals surface area contributed by atoms with E-state index in [-0.39, 0.29) is 5.83 Å². The van der Waals surface area contributed by atoms with Crippen LogP contribution in [0, 0.1) is 0 Å². The summed E-state index contributed by atoms with van der Waals surface area (Å²) in [7, 11) is 1.62. The van der Waals surface area contributed by atoms with E-state index >= 15 is 0 Å². The quantitative estimate of drug-likeness (QED) is 0.629. The van der Waals surface area contributed by atoms with Gasteiger partial charge in [0.15, 0.2) is 0 Å². The zero-order chi connectivity index (χ0) is 8.81. The van der Waals surface area contributed by atoms with Crippen molar-refractivity contribution in [1.82, 2.24) is 0 Å². The summed E-state index contributed by atoms with van der Waals surface area (Å²) in [6, 6.07) is 0. The monoisotopic (exact) mass is 168 g/mol. The highest BCUT2D eigenvalue weighted by atomic mass is 19.1. The molecule has 0 radical (unpaired) electrons. The average Bonchev–Trinajstić information content (AvgIpc) is 2.27. The molecule has 0 saturated heterocycles. The van der Waals surface area contributed by atoms with Gasteiger partial charge in [0.1, 0.15) is 5.83 Å². The van der Waals surface area contributed by atoms with Crippen LogP contribution in [0.2, 0.25) is 0 Å². The normalized spacial score (nSPS) is 16.8. The number of halogens is 1. The molecule has 1 rings (SSSR count). The summed E-state index contributed by atoms with van der Waals surface area (Å²) in [5.41, 5.74) is 0.727. The SMILES string of the molecule is COCCC1=C(F)C=CCC=C1. The van der Waals surface area contributed by atoms with Crippen LogP contribution in [-0.4, -0.2) is 13.7 Å². The minimum atomic E-state index is -0.138. The van der Waals surface area contributed by atoms with Crippen LogP contribution in [0.3, 0.4) is 0 Å². The summed E-state index contributed by atoms with van der Waals surface area (Å²) >= 11 is 0. The standard InChI is InChI=1S/C10H13FO/c1-12-8-7-9-5-3-2-4-6-10(9)11/h3-6H,2,7-8H2,1H3. The van der Waals surface area contributed by atoms with E-state index in [9.17, 15) is 4.39 Å². The van der Waals surface area contributed by atoms with Crippen LogP contribution < -0.4 is 0 Å². The summed E-state index contributed by atoms with van der Waals surface area (Å²) < 4.78 is 18.0. The van der Waals surface area contributed by atoms with Gasteiger partial charge in [-0.2, -0.15) is 0 Å². The number of allylic oxidation sites excluding steroid dienone is 5. The van der Waals surface area contributed by atoms with Crippen molar-refractivity contribution >= 4 is 0 Å². The molecule has 0 saturated carbocycles. The van der Waals surface area contributed by atoms with Gasteiger partial charge >= 0.3 is 0 Å². The van der Waals surface area contributed by atoms with E-state index in [1.807, 2.05) is 18.2 Å². The Morgan fingerprint density at radius 3 is 2.92 bits per heavy atom. The summed E-state index contributed by atoms with van der Waals surface area (Å²) in [6.07, 6.45) is 8.56. The fraction of sp³-hybridized carbons (Fsp3) is 0.400. The van der Waals surface area contributed by atoms with Crippen LogP contribution in [0.4, 0.5) is 4.39 Å². The maximum atomic E-state index is 13.1. The number of hydrogen-bond acceptors (Lipinski definition) is 1. The van der Waals surface area contributed by atoms with Crippen LogP contribution in [-0.2, 0) is 4.74 Å². The Hall–Kier alpha value is -0.890. The van der Waals surface area contributed by atoms with E-state index < -0.39 is 0 Å². The molecule has 0 aromatic carbocycles. The third-order valence-corrected chi connectivity index (χ3v) is 1.74. The van der Waals surface area contributed by atoms with Gasteiger partial charge in [-0.05, 0) is 24.5 Å². The molecule has 66 valence electrons. The lowest BCUT2D eigenvalue weighted by Gasteiger charge is -2.00. The molecule has 0 spiro atoms. The predicted molar refractivity (Wildman–Crippen MR) is 47.5 cm³/mol. The number of methoxy groups -OCH3 is 1. The fourth-order valence-corrected chi connectivity index (χ4v) is 1.06. The molecule has 2 heteroatoms. The molecule has 1 aliphatic carbocycles. The van der Waals surface area contributed by atoms with Crippen molar-refractivity contribution in [2.75, 3.05) is 13.7 Å². The minimum absolute atomic E-state index is 0.138. The highest BCUT2D eigenvalue weighted by molar-refractivity contribution is 5.31. The smallest absolute Gasteiger partial charge is 0.126 e. The first-order valence-electron chi connectivity index (χ1n) is 4.05. The fourth-order valence-electron chi connectivity index (χ4n) is 1.06. The summed E-state index contributed by atoms with van der Waals surface area (Å²) in [6.45, 7) is 0.570. The van der Waals surface area contributed by atoms with Crippen molar-refractivity contribution < 1.29 is 9.13 Å². The zero-order valence-corrected chi connectivity index (χ0v) is 7.22. The van der Waals surface area contributed by atoms with Gasteiger partial charge in [-0.1, -0.05) is 18.2 Å². The zero-order valence-electron chi connectivity index (χ0n) is 7.22. The topological polar surface area (TPSA) is 9.23 Å². The second-order valence-corrected chi connectivity index (χ2v) is 2.66. The molecular formula is C10H13FO. The highest BCUT2D eigenvalue weighted by Crippen LogP contribution is 2.16. The molecule has 0 aromatic rings. The van der Waals surface area contributed by atoms with E-state index in [1.54, 1.807) is 7.11 Å². The molecule has 0 fully saturated rings. The lowest BCUT2D eigenvalue weighted by atomic mass is 10.1. The molecule has 1 aliphatic rings. The van der Waals surface area contributed by atoms with Crippen LogP contribution in [0.1, 0.15) is 12.8 Å². The van der Waals surface area contributed by atoms with Gasteiger partial charge in [0.05, 0.1) is 6.61 Å². The van der Waals surface area contributed by atoms with E-state index in [0.717, 1.165) is 12.0 Å². The van der Waals surface area contributed by atoms with Gasteiger partial charge in [-0.15, -0.1) is 0 Å². The first-order chi connectivity index (χ1) is 5.84. The Morgan fingerprint density at radius 1 is 1.42 bits per heavy atom. The predicted octanol–water partition coefficient (Wildman–Crippen LogP) is 2.76. The Morgan fingerprint density at radius 2 is 2.17 bits per heavy atom. The van der Waals surface area contributed by atoms with E-state index in [4.69, 9.17) is 4.74 Å². The Labute approximate surface area is 72.2 Å². The molecule has 1 nitrogen and oxygen atoms in total. The van der Waals surface area contributed by atoms with Crippen LogP contribution in [0.15, 0.2) is 35.7 Å². The van der Waals surface area contributed by atoms with E-state index in [2.05, 4.69) is 0 Å². The summed E-state index contributed by atoms with van der Waals surface area (Å²) in [5.74, 6) is -0.138. The lowest BCUT2D eigenvalue weighted by Crippen LogP contribution is -1.91. The van der Waals surface area contributed by atoms with Crippen molar-refractivity contribution in [3.05, 3.63) is 35.7 Å². The van der Waals surface area contributed by atoms with Gasteiger partial charge in [0, 0.05) is 7.11 Å².